The van der Waals surface area contributed by atoms with Gasteiger partial charge in [-0.15, -0.1) is 0 Å². The lowest BCUT2D eigenvalue weighted by Gasteiger charge is -2.34. The van der Waals surface area contributed by atoms with Crippen molar-refractivity contribution in [3.8, 4) is 0 Å². The van der Waals surface area contributed by atoms with Gasteiger partial charge in [0.2, 0.25) is 11.8 Å². The number of rotatable bonds is 4. The zero-order valence-electron chi connectivity index (χ0n) is 11.6. The number of aliphatic carboxylic acids is 1. The first-order valence-electron chi connectivity index (χ1n) is 7.29. The molecule has 0 aromatic rings. The van der Waals surface area contributed by atoms with Crippen LogP contribution in [0.15, 0.2) is 0 Å². The predicted octanol–water partition coefficient (Wildman–Crippen LogP) is 0.601. The van der Waals surface area contributed by atoms with Crippen LogP contribution in [0.5, 0.6) is 0 Å². The number of carbonyl (C=O) groups excluding carboxylic acids is 2. The molecule has 0 bridgehead atoms. The average molecular weight is 282 g/mol. The summed E-state index contributed by atoms with van der Waals surface area (Å²) in [7, 11) is 0. The number of nitrogens with two attached hydrogens (primary N) is 1. The van der Waals surface area contributed by atoms with Crippen LogP contribution in [0, 0.1) is 17.8 Å². The smallest absolute Gasteiger partial charge is 0.307 e. The van der Waals surface area contributed by atoms with Crippen molar-refractivity contribution < 1.29 is 19.5 Å². The summed E-state index contributed by atoms with van der Waals surface area (Å²) in [4.78, 5) is 36.2. The lowest BCUT2D eigenvalue weighted by atomic mass is 9.90. The minimum absolute atomic E-state index is 0.0209. The second-order valence-corrected chi connectivity index (χ2v) is 5.92. The number of hydrogen-bond acceptors (Lipinski definition) is 3. The highest BCUT2D eigenvalue weighted by atomic mass is 16.4. The molecular formula is C14H22N2O4. The Morgan fingerprint density at radius 2 is 1.65 bits per heavy atom. The van der Waals surface area contributed by atoms with Crippen molar-refractivity contribution in [2.24, 2.45) is 23.5 Å². The van der Waals surface area contributed by atoms with Crippen LogP contribution in [0.3, 0.4) is 0 Å². The Bertz CT molecular complexity index is 402. The Labute approximate surface area is 118 Å². The first-order chi connectivity index (χ1) is 9.49. The summed E-state index contributed by atoms with van der Waals surface area (Å²) >= 11 is 0. The first kappa shape index (κ1) is 14.8. The molecule has 1 aliphatic carbocycles. The van der Waals surface area contributed by atoms with E-state index < -0.39 is 11.9 Å². The third-order valence-corrected chi connectivity index (χ3v) is 4.57. The van der Waals surface area contributed by atoms with Gasteiger partial charge in [-0.2, -0.15) is 0 Å². The molecule has 6 heteroatoms. The second-order valence-electron chi connectivity index (χ2n) is 5.92. The number of carbonyl (C=O) groups is 3. The first-order valence-corrected chi connectivity index (χ1v) is 7.29. The van der Waals surface area contributed by atoms with Gasteiger partial charge in [0.05, 0.1) is 11.8 Å². The molecule has 2 amide bonds. The fourth-order valence-electron chi connectivity index (χ4n) is 3.43. The predicted molar refractivity (Wildman–Crippen MR) is 71.6 cm³/mol. The summed E-state index contributed by atoms with van der Waals surface area (Å²) in [5.74, 6) is -1.80. The number of carboxylic acids is 1. The Morgan fingerprint density at radius 3 is 2.20 bits per heavy atom. The zero-order chi connectivity index (χ0) is 14.7. The summed E-state index contributed by atoms with van der Waals surface area (Å²) in [5, 5.41) is 9.15. The fourth-order valence-corrected chi connectivity index (χ4v) is 3.43. The van der Waals surface area contributed by atoms with Gasteiger partial charge in [0.15, 0.2) is 0 Å². The maximum atomic E-state index is 12.4. The number of hydrogen-bond donors (Lipinski definition) is 2. The highest BCUT2D eigenvalue weighted by Crippen LogP contribution is 2.34. The zero-order valence-corrected chi connectivity index (χ0v) is 11.6. The topological polar surface area (TPSA) is 101 Å². The molecule has 6 nitrogen and oxygen atoms in total. The minimum Gasteiger partial charge on any atom is -0.481 e. The van der Waals surface area contributed by atoms with E-state index in [0.29, 0.717) is 32.4 Å². The number of nitrogens with zero attached hydrogens (tertiary/aromatic N) is 1. The highest BCUT2D eigenvalue weighted by Gasteiger charge is 2.40. The van der Waals surface area contributed by atoms with Gasteiger partial charge in [0.1, 0.15) is 0 Å². The van der Waals surface area contributed by atoms with E-state index in [2.05, 4.69) is 0 Å². The number of piperidine rings is 1. The van der Waals surface area contributed by atoms with Gasteiger partial charge < -0.3 is 15.7 Å². The number of primary amides is 1. The molecule has 0 aromatic carbocycles. The molecule has 3 N–H and O–H groups in total. The number of amides is 2. The standard InChI is InChI=1S/C14H22N2O4/c15-12(17)8-9-4-6-16(7-5-9)13(18)10-2-1-3-11(10)14(19)20/h9-11H,1-8H2,(H2,15,17)(H,19,20)/t10-,11+/m1/s1. The molecule has 112 valence electrons. The Morgan fingerprint density at radius 1 is 1.05 bits per heavy atom. The lowest BCUT2D eigenvalue weighted by Crippen LogP contribution is -2.44. The van der Waals surface area contributed by atoms with Crippen molar-refractivity contribution in [2.45, 2.75) is 38.5 Å². The Balaban J connectivity index is 1.88. The quantitative estimate of drug-likeness (QED) is 0.788. The van der Waals surface area contributed by atoms with Crippen LogP contribution < -0.4 is 5.73 Å². The van der Waals surface area contributed by atoms with Crippen molar-refractivity contribution in [3.05, 3.63) is 0 Å². The molecule has 0 unspecified atom stereocenters. The molecule has 0 aromatic heterocycles. The van der Waals surface area contributed by atoms with Crippen LogP contribution in [0.25, 0.3) is 0 Å². The van der Waals surface area contributed by atoms with Crippen molar-refractivity contribution >= 4 is 17.8 Å². The molecular weight excluding hydrogens is 260 g/mol. The third-order valence-electron chi connectivity index (χ3n) is 4.57. The lowest BCUT2D eigenvalue weighted by molar-refractivity contribution is -0.149. The van der Waals surface area contributed by atoms with Gasteiger partial charge in [-0.3, -0.25) is 14.4 Å². The molecule has 2 fully saturated rings. The summed E-state index contributed by atoms with van der Waals surface area (Å²) in [6.45, 7) is 1.22. The van der Waals surface area contributed by atoms with Gasteiger partial charge in [0.25, 0.3) is 0 Å². The van der Waals surface area contributed by atoms with Crippen LogP contribution in [0.4, 0.5) is 0 Å². The molecule has 1 saturated heterocycles. The van der Waals surface area contributed by atoms with Gasteiger partial charge in [-0.25, -0.2) is 0 Å². The summed E-state index contributed by atoms with van der Waals surface area (Å²) < 4.78 is 0. The van der Waals surface area contributed by atoms with E-state index in [9.17, 15) is 14.4 Å². The van der Waals surface area contributed by atoms with E-state index in [4.69, 9.17) is 10.8 Å². The Kier molecular flexibility index (Phi) is 4.62. The van der Waals surface area contributed by atoms with E-state index >= 15 is 0 Å². The van der Waals surface area contributed by atoms with E-state index in [0.717, 1.165) is 19.3 Å². The summed E-state index contributed by atoms with van der Waals surface area (Å²) in [5.41, 5.74) is 5.18. The van der Waals surface area contributed by atoms with E-state index in [1.807, 2.05) is 0 Å². The maximum absolute atomic E-state index is 12.4. The molecule has 1 heterocycles. The molecule has 2 aliphatic rings. The van der Waals surface area contributed by atoms with Crippen molar-refractivity contribution in [3.63, 3.8) is 0 Å². The molecule has 1 aliphatic heterocycles. The van der Waals surface area contributed by atoms with Crippen LogP contribution in [0.2, 0.25) is 0 Å². The monoisotopic (exact) mass is 282 g/mol. The summed E-state index contributed by atoms with van der Waals surface area (Å²) in [6.07, 6.45) is 4.02. The molecule has 0 spiro atoms. The maximum Gasteiger partial charge on any atom is 0.307 e. The van der Waals surface area contributed by atoms with Gasteiger partial charge in [-0.05, 0) is 31.6 Å². The van der Waals surface area contributed by atoms with Gasteiger partial charge in [-0.1, -0.05) is 6.42 Å². The van der Waals surface area contributed by atoms with Gasteiger partial charge in [0, 0.05) is 19.5 Å². The fraction of sp³-hybridized carbons (Fsp3) is 0.786. The third kappa shape index (κ3) is 3.29. The summed E-state index contributed by atoms with van der Waals surface area (Å²) in [6, 6.07) is 0. The average Bonchev–Trinajstić information content (AvgIpc) is 2.87. The van der Waals surface area contributed by atoms with Crippen LogP contribution in [0.1, 0.15) is 38.5 Å². The minimum atomic E-state index is -0.857. The molecule has 2 rings (SSSR count). The molecule has 1 saturated carbocycles. The van der Waals surface area contributed by atoms with Crippen LogP contribution in [-0.2, 0) is 14.4 Å². The normalized spacial score (nSPS) is 27.5. The SMILES string of the molecule is NC(=O)CC1CCN(C(=O)[C@@H]2CCC[C@@H]2C(=O)O)CC1. The number of carboxylic acid groups (broad SMARTS) is 1. The second kappa shape index (κ2) is 6.24. The highest BCUT2D eigenvalue weighted by molar-refractivity contribution is 5.85. The van der Waals surface area contributed by atoms with E-state index in [1.165, 1.54) is 0 Å². The molecule has 0 radical (unpaired) electrons. The van der Waals surface area contributed by atoms with E-state index in [-0.39, 0.29) is 23.7 Å². The molecule has 2 atom stereocenters. The molecule has 20 heavy (non-hydrogen) atoms. The van der Waals surface area contributed by atoms with E-state index in [1.54, 1.807) is 4.90 Å². The van der Waals surface area contributed by atoms with Crippen LogP contribution in [-0.4, -0.2) is 40.9 Å². The number of likely N-dealkylation sites (tertiary alicyclic amines) is 1. The van der Waals surface area contributed by atoms with Crippen LogP contribution >= 0.6 is 0 Å². The van der Waals surface area contributed by atoms with Crippen molar-refractivity contribution in [1.82, 2.24) is 4.90 Å². The Hall–Kier alpha value is -1.59. The van der Waals surface area contributed by atoms with Gasteiger partial charge >= 0.3 is 5.97 Å². The largest absolute Gasteiger partial charge is 0.481 e. The van der Waals surface area contributed by atoms with Crippen molar-refractivity contribution in [1.29, 1.82) is 0 Å². The van der Waals surface area contributed by atoms with Crippen molar-refractivity contribution in [2.75, 3.05) is 13.1 Å².